The Balaban J connectivity index is 2.24. The fourth-order valence-electron chi connectivity index (χ4n) is 1.23. The first-order valence-corrected chi connectivity index (χ1v) is 5.58. The van der Waals surface area contributed by atoms with Crippen molar-refractivity contribution in [3.63, 3.8) is 0 Å². The molecule has 1 aromatic carbocycles. The summed E-state index contributed by atoms with van der Waals surface area (Å²) in [7, 11) is 0. The van der Waals surface area contributed by atoms with Gasteiger partial charge in [0.1, 0.15) is 11.6 Å². The average molecular weight is 261 g/mol. The molecule has 0 heterocycles. The molecule has 0 unspecified atom stereocenters. The van der Waals surface area contributed by atoms with E-state index >= 15 is 0 Å². The van der Waals surface area contributed by atoms with Crippen LogP contribution in [0.25, 0.3) is 0 Å². The number of amides is 1. The van der Waals surface area contributed by atoms with Crippen LogP contribution in [-0.2, 0) is 4.79 Å². The van der Waals surface area contributed by atoms with Gasteiger partial charge in [-0.2, -0.15) is 0 Å². The van der Waals surface area contributed by atoms with E-state index in [-0.39, 0.29) is 10.9 Å². The Morgan fingerprint density at radius 3 is 2.88 bits per heavy atom. The summed E-state index contributed by atoms with van der Waals surface area (Å²) in [6, 6.07) is 3.95. The number of nitrogens with one attached hydrogen (secondary N) is 1. The number of carbonyl (C=O) groups excluding carboxylic acids is 1. The van der Waals surface area contributed by atoms with Crippen LogP contribution >= 0.6 is 11.6 Å². The third kappa shape index (κ3) is 5.01. The first-order chi connectivity index (χ1) is 8.13. The Morgan fingerprint density at radius 2 is 2.24 bits per heavy atom. The lowest BCUT2D eigenvalue weighted by atomic mass is 10.2. The molecule has 6 heteroatoms. The molecule has 3 N–H and O–H groups in total. The second kappa shape index (κ2) is 7.09. The molecule has 0 fully saturated rings. The number of rotatable bonds is 6. The molecule has 4 nitrogen and oxygen atoms in total. The van der Waals surface area contributed by atoms with Gasteiger partial charge in [0.2, 0.25) is 5.91 Å². The number of unbranched alkanes of at least 4 members (excludes halogenated alkanes) is 1. The van der Waals surface area contributed by atoms with Crippen LogP contribution in [0.1, 0.15) is 19.3 Å². The Morgan fingerprint density at radius 1 is 1.47 bits per heavy atom. The highest BCUT2D eigenvalue weighted by molar-refractivity contribution is 6.32. The first kappa shape index (κ1) is 13.7. The molecular weight excluding hydrogens is 247 g/mol. The quantitative estimate of drug-likeness (QED) is 0.356. The maximum absolute atomic E-state index is 12.7. The van der Waals surface area contributed by atoms with Crippen LogP contribution in [0.5, 0.6) is 5.75 Å². The van der Waals surface area contributed by atoms with Gasteiger partial charge >= 0.3 is 0 Å². The van der Waals surface area contributed by atoms with Gasteiger partial charge in [0, 0.05) is 6.42 Å². The SMILES string of the molecule is NNC(=O)CCCCOc1ccc(F)cc1Cl. The van der Waals surface area contributed by atoms with Crippen molar-refractivity contribution in [3.8, 4) is 5.75 Å². The van der Waals surface area contributed by atoms with Gasteiger partial charge in [0.15, 0.2) is 0 Å². The van der Waals surface area contributed by atoms with Crippen molar-refractivity contribution < 1.29 is 13.9 Å². The Bertz CT molecular complexity index is 388. The minimum atomic E-state index is -0.401. The minimum absolute atomic E-state index is 0.204. The van der Waals surface area contributed by atoms with Gasteiger partial charge in [-0.3, -0.25) is 10.2 Å². The summed E-state index contributed by atoms with van der Waals surface area (Å²) in [5.41, 5.74) is 2.05. The van der Waals surface area contributed by atoms with Crippen LogP contribution in [-0.4, -0.2) is 12.5 Å². The molecule has 1 amide bonds. The third-order valence-corrected chi connectivity index (χ3v) is 2.41. The number of hydrogen-bond donors (Lipinski definition) is 2. The average Bonchev–Trinajstić information content (AvgIpc) is 2.30. The van der Waals surface area contributed by atoms with Crippen LogP contribution in [0.15, 0.2) is 18.2 Å². The summed E-state index contributed by atoms with van der Waals surface area (Å²) in [5.74, 6) is 4.76. The lowest BCUT2D eigenvalue weighted by Crippen LogP contribution is -2.29. The van der Waals surface area contributed by atoms with Crippen molar-refractivity contribution in [2.45, 2.75) is 19.3 Å². The van der Waals surface area contributed by atoms with Crippen molar-refractivity contribution in [2.75, 3.05) is 6.61 Å². The van der Waals surface area contributed by atoms with Crippen LogP contribution in [0.4, 0.5) is 4.39 Å². The highest BCUT2D eigenvalue weighted by Gasteiger charge is 2.03. The molecule has 0 saturated carbocycles. The van der Waals surface area contributed by atoms with Gasteiger partial charge in [-0.25, -0.2) is 10.2 Å². The summed E-state index contributed by atoms with van der Waals surface area (Å²) < 4.78 is 18.1. The molecule has 0 radical (unpaired) electrons. The number of ether oxygens (including phenoxy) is 1. The van der Waals surface area contributed by atoms with E-state index in [1.165, 1.54) is 18.2 Å². The summed E-state index contributed by atoms with van der Waals surface area (Å²) in [6.07, 6.45) is 1.72. The van der Waals surface area contributed by atoms with Crippen molar-refractivity contribution in [1.82, 2.24) is 5.43 Å². The number of hydrogen-bond acceptors (Lipinski definition) is 3. The van der Waals surface area contributed by atoms with Gasteiger partial charge in [-0.1, -0.05) is 11.6 Å². The maximum Gasteiger partial charge on any atom is 0.233 e. The fourth-order valence-corrected chi connectivity index (χ4v) is 1.46. The summed E-state index contributed by atoms with van der Waals surface area (Å²) >= 11 is 5.77. The highest BCUT2D eigenvalue weighted by Crippen LogP contribution is 2.24. The molecule has 0 aromatic heterocycles. The molecule has 0 aliphatic carbocycles. The summed E-state index contributed by atoms with van der Waals surface area (Å²) in [6.45, 7) is 0.420. The summed E-state index contributed by atoms with van der Waals surface area (Å²) in [5, 5.41) is 0.240. The van der Waals surface area contributed by atoms with E-state index in [4.69, 9.17) is 22.2 Å². The molecule has 0 saturated heterocycles. The van der Waals surface area contributed by atoms with Crippen LogP contribution in [0.2, 0.25) is 5.02 Å². The zero-order chi connectivity index (χ0) is 12.7. The lowest BCUT2D eigenvalue weighted by Gasteiger charge is -2.07. The first-order valence-electron chi connectivity index (χ1n) is 5.21. The second-order valence-corrected chi connectivity index (χ2v) is 3.86. The smallest absolute Gasteiger partial charge is 0.233 e. The Hall–Kier alpha value is -1.33. The summed E-state index contributed by atoms with van der Waals surface area (Å²) in [4.78, 5) is 10.8. The van der Waals surface area contributed by atoms with E-state index in [2.05, 4.69) is 0 Å². The van der Waals surface area contributed by atoms with E-state index in [1.54, 1.807) is 0 Å². The predicted molar refractivity (Wildman–Crippen MR) is 63.1 cm³/mol. The zero-order valence-electron chi connectivity index (χ0n) is 9.21. The minimum Gasteiger partial charge on any atom is -0.492 e. The number of halogens is 2. The van der Waals surface area contributed by atoms with E-state index < -0.39 is 5.82 Å². The van der Waals surface area contributed by atoms with Crippen molar-refractivity contribution >= 4 is 17.5 Å². The normalized spacial score (nSPS) is 10.1. The molecule has 0 spiro atoms. The number of nitrogens with two attached hydrogens (primary N) is 1. The fraction of sp³-hybridized carbons (Fsp3) is 0.364. The number of hydrazine groups is 1. The van der Waals surface area contributed by atoms with E-state index in [9.17, 15) is 9.18 Å². The maximum atomic E-state index is 12.7. The molecule has 17 heavy (non-hydrogen) atoms. The van der Waals surface area contributed by atoms with E-state index in [0.29, 0.717) is 31.6 Å². The van der Waals surface area contributed by atoms with Crippen molar-refractivity contribution in [1.29, 1.82) is 0 Å². The van der Waals surface area contributed by atoms with Gasteiger partial charge in [0.25, 0.3) is 0 Å². The molecule has 0 bridgehead atoms. The van der Waals surface area contributed by atoms with Gasteiger partial charge in [-0.15, -0.1) is 0 Å². The van der Waals surface area contributed by atoms with Crippen LogP contribution in [0, 0.1) is 5.82 Å². The van der Waals surface area contributed by atoms with Gasteiger partial charge < -0.3 is 4.74 Å². The second-order valence-electron chi connectivity index (χ2n) is 3.45. The molecule has 94 valence electrons. The Kier molecular flexibility index (Phi) is 5.72. The highest BCUT2D eigenvalue weighted by atomic mass is 35.5. The molecule has 0 aliphatic heterocycles. The molecule has 1 aromatic rings. The molecule has 0 aliphatic rings. The van der Waals surface area contributed by atoms with Crippen LogP contribution in [0.3, 0.4) is 0 Å². The van der Waals surface area contributed by atoms with E-state index in [1.807, 2.05) is 5.43 Å². The molecule has 1 rings (SSSR count). The van der Waals surface area contributed by atoms with Gasteiger partial charge in [-0.05, 0) is 31.0 Å². The molecule has 0 atom stereocenters. The Labute approximate surface area is 104 Å². The number of benzene rings is 1. The topological polar surface area (TPSA) is 64.3 Å². The monoisotopic (exact) mass is 260 g/mol. The van der Waals surface area contributed by atoms with Gasteiger partial charge in [0.05, 0.1) is 11.6 Å². The van der Waals surface area contributed by atoms with Crippen molar-refractivity contribution in [2.24, 2.45) is 5.84 Å². The standard InChI is InChI=1S/C11H14ClFN2O2/c12-9-7-8(13)4-5-10(9)17-6-2-1-3-11(16)15-14/h4-5,7H,1-3,6,14H2,(H,15,16). The number of carbonyl (C=O) groups is 1. The molecular formula is C11H14ClFN2O2. The zero-order valence-corrected chi connectivity index (χ0v) is 9.97. The van der Waals surface area contributed by atoms with Crippen LogP contribution < -0.4 is 16.0 Å². The predicted octanol–water partition coefficient (Wildman–Crippen LogP) is 2.02. The largest absolute Gasteiger partial charge is 0.492 e. The van der Waals surface area contributed by atoms with E-state index in [0.717, 1.165) is 0 Å². The van der Waals surface area contributed by atoms with Crippen molar-refractivity contribution in [3.05, 3.63) is 29.0 Å². The lowest BCUT2D eigenvalue weighted by molar-refractivity contribution is -0.121. The third-order valence-electron chi connectivity index (χ3n) is 2.11.